The van der Waals surface area contributed by atoms with Crippen LogP contribution in [0.1, 0.15) is 24.8 Å². The Bertz CT molecular complexity index is 1390. The Morgan fingerprint density at radius 2 is 1.68 bits per heavy atom. The van der Waals surface area contributed by atoms with Crippen LogP contribution >= 0.6 is 0 Å². The number of hydrogen-bond acceptors (Lipinski definition) is 11. The number of ether oxygens (including phenoxy) is 1. The van der Waals surface area contributed by atoms with Gasteiger partial charge < -0.3 is 15.0 Å². The lowest BCUT2D eigenvalue weighted by Crippen LogP contribution is -2.31. The molecule has 12 nitrogen and oxygen atoms in total. The van der Waals surface area contributed by atoms with Gasteiger partial charge in [-0.15, -0.1) is 0 Å². The Hall–Kier alpha value is -5.13. The molecule has 38 heavy (non-hydrogen) atoms. The molecule has 0 radical (unpaired) electrons. The highest BCUT2D eigenvalue weighted by Gasteiger charge is 2.16. The van der Waals surface area contributed by atoms with Crippen LogP contribution in [0.3, 0.4) is 0 Å². The molecule has 192 valence electrons. The zero-order valence-corrected chi connectivity index (χ0v) is 20.4. The predicted molar refractivity (Wildman–Crippen MR) is 144 cm³/mol. The summed E-state index contributed by atoms with van der Waals surface area (Å²) in [5.74, 6) is 2.18. The maximum atomic E-state index is 10.8. The summed E-state index contributed by atoms with van der Waals surface area (Å²) in [6.07, 6.45) is 6.21. The normalized spacial score (nSPS) is 13.3. The van der Waals surface area contributed by atoms with Crippen molar-refractivity contribution < 1.29 is 9.66 Å². The average Bonchev–Trinajstić information content (AvgIpc) is 2.95. The second-order valence-corrected chi connectivity index (χ2v) is 8.47. The molecular weight excluding hydrogens is 486 g/mol. The summed E-state index contributed by atoms with van der Waals surface area (Å²) in [6.45, 7) is 1.81. The number of nitrogens with one attached hydrogen (secondary N) is 2. The number of nitrogens with zero attached hydrogens (tertiary/aromatic N) is 7. The van der Waals surface area contributed by atoms with Gasteiger partial charge in [0, 0.05) is 30.9 Å². The van der Waals surface area contributed by atoms with Gasteiger partial charge in [-0.2, -0.15) is 20.1 Å². The first-order valence-electron chi connectivity index (χ1n) is 12.1. The largest absolute Gasteiger partial charge is 0.439 e. The van der Waals surface area contributed by atoms with Crippen molar-refractivity contribution in [3.63, 3.8) is 0 Å². The molecular formula is C26H25N9O3. The van der Waals surface area contributed by atoms with Crippen LogP contribution in [-0.4, -0.2) is 44.2 Å². The molecule has 1 aliphatic rings. The Balaban J connectivity index is 1.26. The molecule has 2 aromatic heterocycles. The zero-order chi connectivity index (χ0) is 26.2. The zero-order valence-electron chi connectivity index (χ0n) is 20.4. The highest BCUT2D eigenvalue weighted by molar-refractivity contribution is 5.80. The van der Waals surface area contributed by atoms with E-state index in [-0.39, 0.29) is 11.6 Å². The van der Waals surface area contributed by atoms with Crippen molar-refractivity contribution in [2.75, 3.05) is 28.7 Å². The minimum atomic E-state index is -0.509. The van der Waals surface area contributed by atoms with E-state index in [1.165, 1.54) is 18.6 Å². The first kappa shape index (κ1) is 24.6. The average molecular weight is 512 g/mol. The number of hydrazone groups is 1. The first-order chi connectivity index (χ1) is 18.6. The molecule has 1 saturated heterocycles. The number of piperidine rings is 1. The van der Waals surface area contributed by atoms with Crippen molar-refractivity contribution in [2.24, 2.45) is 5.10 Å². The number of hydrogen-bond donors (Lipinski definition) is 2. The molecule has 0 atom stereocenters. The molecule has 1 fully saturated rings. The number of nitro groups is 1. The smallest absolute Gasteiger partial charge is 0.287 e. The van der Waals surface area contributed by atoms with Crippen LogP contribution < -0.4 is 20.4 Å². The lowest BCUT2D eigenvalue weighted by atomic mass is 10.1. The summed E-state index contributed by atoms with van der Waals surface area (Å²) in [5, 5.41) is 18.3. The Morgan fingerprint density at radius 3 is 2.39 bits per heavy atom. The molecule has 2 N–H and O–H groups in total. The number of para-hydroxylation sites is 1. The predicted octanol–water partition coefficient (Wildman–Crippen LogP) is 5.15. The van der Waals surface area contributed by atoms with Crippen molar-refractivity contribution in [3.8, 4) is 11.6 Å². The molecule has 0 aliphatic carbocycles. The molecule has 0 amide bonds. The Kier molecular flexibility index (Phi) is 7.59. The third-order valence-corrected chi connectivity index (χ3v) is 5.70. The maximum Gasteiger partial charge on any atom is 0.287 e. The van der Waals surface area contributed by atoms with Gasteiger partial charge in [-0.25, -0.2) is 10.4 Å². The van der Waals surface area contributed by atoms with E-state index in [9.17, 15) is 10.1 Å². The quantitative estimate of drug-likeness (QED) is 0.176. The molecule has 1 aliphatic heterocycles. The van der Waals surface area contributed by atoms with Gasteiger partial charge in [0.1, 0.15) is 11.9 Å². The maximum absolute atomic E-state index is 10.8. The van der Waals surface area contributed by atoms with Crippen LogP contribution in [0, 0.1) is 10.1 Å². The molecule has 0 unspecified atom stereocenters. The van der Waals surface area contributed by atoms with Crippen molar-refractivity contribution in [1.82, 2.24) is 19.9 Å². The summed E-state index contributed by atoms with van der Waals surface area (Å²) in [4.78, 5) is 30.0. The van der Waals surface area contributed by atoms with Crippen LogP contribution in [0.5, 0.6) is 11.6 Å². The number of aromatic nitrogens is 4. The van der Waals surface area contributed by atoms with E-state index in [0.717, 1.165) is 43.4 Å². The van der Waals surface area contributed by atoms with Crippen LogP contribution in [0.15, 0.2) is 78.0 Å². The minimum Gasteiger partial charge on any atom is -0.439 e. The van der Waals surface area contributed by atoms with Crippen LogP contribution in [0.4, 0.5) is 29.2 Å². The van der Waals surface area contributed by atoms with Gasteiger partial charge >= 0.3 is 0 Å². The van der Waals surface area contributed by atoms with E-state index in [0.29, 0.717) is 23.6 Å². The van der Waals surface area contributed by atoms with Crippen molar-refractivity contribution in [3.05, 3.63) is 88.6 Å². The van der Waals surface area contributed by atoms with Gasteiger partial charge in [-0.05, 0) is 61.2 Å². The van der Waals surface area contributed by atoms with Gasteiger partial charge in [0.25, 0.3) is 5.69 Å². The van der Waals surface area contributed by atoms with Crippen molar-refractivity contribution >= 4 is 35.4 Å². The van der Waals surface area contributed by atoms with Crippen LogP contribution in [0.25, 0.3) is 0 Å². The monoisotopic (exact) mass is 511 g/mol. The summed E-state index contributed by atoms with van der Waals surface area (Å²) < 4.78 is 5.64. The number of benzene rings is 2. The molecule has 3 heterocycles. The molecule has 2 aromatic carbocycles. The molecule has 0 spiro atoms. The number of rotatable bonds is 9. The minimum absolute atomic E-state index is 0.0967. The summed E-state index contributed by atoms with van der Waals surface area (Å²) >= 11 is 0. The third kappa shape index (κ3) is 6.55. The molecule has 12 heteroatoms. The SMILES string of the molecule is O=[N+]([O-])c1ccc(Oc2ccc(/C=N/Nc3nc(Nc4ccccc4)nc(N4CCCCC4)n3)cc2)nc1. The summed E-state index contributed by atoms with van der Waals surface area (Å²) in [7, 11) is 0. The summed E-state index contributed by atoms with van der Waals surface area (Å²) in [5.41, 5.74) is 4.51. The van der Waals surface area contributed by atoms with Crippen molar-refractivity contribution in [2.45, 2.75) is 19.3 Å². The third-order valence-electron chi connectivity index (χ3n) is 5.70. The van der Waals surface area contributed by atoms with E-state index in [1.807, 2.05) is 42.5 Å². The topological polar surface area (TPSA) is 144 Å². The Labute approximate surface area is 218 Å². The second-order valence-electron chi connectivity index (χ2n) is 8.47. The van der Waals surface area contributed by atoms with E-state index in [1.54, 1.807) is 18.3 Å². The summed E-state index contributed by atoms with van der Waals surface area (Å²) in [6, 6.07) is 19.7. The Morgan fingerprint density at radius 1 is 0.921 bits per heavy atom. The molecule has 0 saturated carbocycles. The highest BCUT2D eigenvalue weighted by Crippen LogP contribution is 2.22. The first-order valence-corrected chi connectivity index (χ1v) is 12.1. The fourth-order valence-electron chi connectivity index (χ4n) is 3.80. The fraction of sp³-hybridized carbons (Fsp3) is 0.192. The van der Waals surface area contributed by atoms with Crippen LogP contribution in [-0.2, 0) is 0 Å². The van der Waals surface area contributed by atoms with Gasteiger partial charge in [-0.3, -0.25) is 10.1 Å². The molecule has 0 bridgehead atoms. The number of anilines is 4. The highest BCUT2D eigenvalue weighted by atomic mass is 16.6. The van der Waals surface area contributed by atoms with Crippen LogP contribution in [0.2, 0.25) is 0 Å². The van der Waals surface area contributed by atoms with E-state index >= 15 is 0 Å². The second kappa shape index (κ2) is 11.7. The molecule has 4 aromatic rings. The van der Waals surface area contributed by atoms with Gasteiger partial charge in [0.05, 0.1) is 11.1 Å². The molecule has 5 rings (SSSR count). The fourth-order valence-corrected chi connectivity index (χ4v) is 3.80. The van der Waals surface area contributed by atoms with E-state index in [2.05, 4.69) is 40.7 Å². The van der Waals surface area contributed by atoms with Gasteiger partial charge in [-0.1, -0.05) is 18.2 Å². The van der Waals surface area contributed by atoms with E-state index < -0.39 is 4.92 Å². The standard InChI is InChI=1S/C26H25N9O3/c36-35(37)21-11-14-23(27-18-21)38-22-12-9-19(10-13-22)17-28-33-25-30-24(29-20-7-3-1-4-8-20)31-26(32-25)34-15-5-2-6-16-34/h1,3-4,7-14,17-18H,2,5-6,15-16H2,(H2,29,30,31,32,33)/b28-17+. The lowest BCUT2D eigenvalue weighted by molar-refractivity contribution is -0.385. The number of pyridine rings is 1. The van der Waals surface area contributed by atoms with Gasteiger partial charge in [0.2, 0.25) is 23.7 Å². The lowest BCUT2D eigenvalue weighted by Gasteiger charge is -2.26. The van der Waals surface area contributed by atoms with Crippen molar-refractivity contribution in [1.29, 1.82) is 0 Å². The van der Waals surface area contributed by atoms with E-state index in [4.69, 9.17) is 4.74 Å². The van der Waals surface area contributed by atoms with Gasteiger partial charge in [0.15, 0.2) is 0 Å².